The summed E-state index contributed by atoms with van der Waals surface area (Å²) in [5.74, 6) is -0.298. The predicted molar refractivity (Wildman–Crippen MR) is 89.0 cm³/mol. The number of aryl methyl sites for hydroxylation is 1. The van der Waals surface area contributed by atoms with E-state index in [-0.39, 0.29) is 12.1 Å². The lowest BCUT2D eigenvalue weighted by Crippen LogP contribution is -2.18. The van der Waals surface area contributed by atoms with Crippen molar-refractivity contribution in [3.05, 3.63) is 41.6 Å². The van der Waals surface area contributed by atoms with Crippen molar-refractivity contribution >= 4 is 11.6 Å². The first kappa shape index (κ1) is 17.5. The lowest BCUT2D eigenvalue weighted by molar-refractivity contribution is -0.139. The molecule has 0 saturated heterocycles. The zero-order valence-electron chi connectivity index (χ0n) is 13.9. The summed E-state index contributed by atoms with van der Waals surface area (Å²) in [6.07, 6.45) is 0.243. The van der Waals surface area contributed by atoms with Gasteiger partial charge in [-0.1, -0.05) is 25.1 Å². The van der Waals surface area contributed by atoms with Gasteiger partial charge >= 0.3 is 6.18 Å². The van der Waals surface area contributed by atoms with Gasteiger partial charge in [0.25, 0.3) is 0 Å². The fourth-order valence-electron chi connectivity index (χ4n) is 2.95. The Morgan fingerprint density at radius 1 is 1.20 bits per heavy atom. The van der Waals surface area contributed by atoms with Crippen LogP contribution in [0, 0.1) is 0 Å². The van der Waals surface area contributed by atoms with Gasteiger partial charge in [-0.15, -0.1) is 0 Å². The Labute approximate surface area is 144 Å². The largest absolute Gasteiger partial charge is 0.474 e. The van der Waals surface area contributed by atoms with Gasteiger partial charge in [-0.25, -0.2) is 4.98 Å². The Hall–Kier alpha value is -2.31. The number of hydrogen-bond donors (Lipinski definition) is 1. The van der Waals surface area contributed by atoms with Crippen molar-refractivity contribution in [1.82, 2.24) is 9.97 Å². The summed E-state index contributed by atoms with van der Waals surface area (Å²) in [6.45, 7) is 2.00. The number of ether oxygens (including phenoxy) is 1. The van der Waals surface area contributed by atoms with E-state index in [1.165, 1.54) is 0 Å². The van der Waals surface area contributed by atoms with Gasteiger partial charge in [0.1, 0.15) is 11.7 Å². The van der Waals surface area contributed by atoms with E-state index in [1.54, 1.807) is 0 Å². The molecule has 1 aliphatic rings. The molecule has 0 aliphatic heterocycles. The summed E-state index contributed by atoms with van der Waals surface area (Å²) in [4.78, 5) is 7.84. The van der Waals surface area contributed by atoms with Gasteiger partial charge in [-0.3, -0.25) is 0 Å². The summed E-state index contributed by atoms with van der Waals surface area (Å²) in [7, 11) is 0. The second-order valence-electron chi connectivity index (χ2n) is 6.07. The van der Waals surface area contributed by atoms with E-state index in [0.717, 1.165) is 49.6 Å². The molecular formula is C18H20F3N3O. The average molecular weight is 351 g/mol. The average Bonchev–Trinajstić information content (AvgIpc) is 3.07. The van der Waals surface area contributed by atoms with Crippen molar-refractivity contribution in [2.45, 2.75) is 51.3 Å². The fraction of sp³-hybridized carbons (Fsp3) is 0.444. The van der Waals surface area contributed by atoms with Gasteiger partial charge in [0.05, 0.1) is 0 Å². The molecular weight excluding hydrogens is 331 g/mol. The van der Waals surface area contributed by atoms with Crippen LogP contribution in [0.2, 0.25) is 0 Å². The molecule has 1 heterocycles. The van der Waals surface area contributed by atoms with Gasteiger partial charge in [0.2, 0.25) is 11.8 Å². The van der Waals surface area contributed by atoms with E-state index in [2.05, 4.69) is 15.3 Å². The summed E-state index contributed by atoms with van der Waals surface area (Å²) in [6, 6.07) is 7.55. The Morgan fingerprint density at radius 2 is 1.92 bits per heavy atom. The lowest BCUT2D eigenvalue weighted by atomic mass is 10.1. The van der Waals surface area contributed by atoms with Crippen LogP contribution in [0.1, 0.15) is 43.7 Å². The molecule has 1 fully saturated rings. The Morgan fingerprint density at radius 3 is 2.60 bits per heavy atom. The molecule has 3 rings (SSSR count). The van der Waals surface area contributed by atoms with Crippen molar-refractivity contribution in [2.24, 2.45) is 0 Å². The topological polar surface area (TPSA) is 47.0 Å². The van der Waals surface area contributed by atoms with Crippen LogP contribution in [-0.4, -0.2) is 16.1 Å². The first-order valence-electron chi connectivity index (χ1n) is 8.43. The number of nitrogens with zero attached hydrogens (tertiary/aromatic N) is 2. The van der Waals surface area contributed by atoms with Gasteiger partial charge in [-0.2, -0.15) is 18.2 Å². The quantitative estimate of drug-likeness (QED) is 0.812. The Balaban J connectivity index is 1.90. The second kappa shape index (κ2) is 7.29. The van der Waals surface area contributed by atoms with Crippen molar-refractivity contribution in [3.63, 3.8) is 0 Å². The smallest absolute Gasteiger partial charge is 0.423 e. The fourth-order valence-corrected chi connectivity index (χ4v) is 2.95. The molecule has 4 nitrogen and oxygen atoms in total. The minimum Gasteiger partial charge on any atom is -0.474 e. The molecule has 1 aromatic carbocycles. The molecule has 1 aromatic heterocycles. The van der Waals surface area contributed by atoms with Crippen LogP contribution in [-0.2, 0) is 12.6 Å². The molecule has 7 heteroatoms. The number of anilines is 2. The lowest BCUT2D eigenvalue weighted by Gasteiger charge is -2.18. The molecule has 1 saturated carbocycles. The van der Waals surface area contributed by atoms with Crippen molar-refractivity contribution < 1.29 is 17.9 Å². The maximum absolute atomic E-state index is 13.2. The van der Waals surface area contributed by atoms with Crippen LogP contribution >= 0.6 is 0 Å². The molecule has 2 aromatic rings. The first-order valence-corrected chi connectivity index (χ1v) is 8.43. The molecule has 0 amide bonds. The summed E-state index contributed by atoms with van der Waals surface area (Å²) >= 11 is 0. The highest BCUT2D eigenvalue weighted by Crippen LogP contribution is 2.37. The zero-order chi connectivity index (χ0) is 17.9. The second-order valence-corrected chi connectivity index (χ2v) is 6.07. The van der Waals surface area contributed by atoms with Gasteiger partial charge in [-0.05, 0) is 43.7 Å². The number of alkyl halides is 3. The van der Waals surface area contributed by atoms with Crippen molar-refractivity contribution in [1.29, 1.82) is 0 Å². The van der Waals surface area contributed by atoms with E-state index < -0.39 is 17.6 Å². The third-order valence-electron chi connectivity index (χ3n) is 4.28. The van der Waals surface area contributed by atoms with Crippen LogP contribution in [0.4, 0.5) is 24.8 Å². The molecule has 1 aliphatic carbocycles. The first-order chi connectivity index (χ1) is 12.0. The molecule has 0 spiro atoms. The minimum absolute atomic E-state index is 0.0990. The molecule has 134 valence electrons. The van der Waals surface area contributed by atoms with E-state index in [9.17, 15) is 13.2 Å². The maximum Gasteiger partial charge on any atom is 0.423 e. The number of aromatic nitrogens is 2. The maximum atomic E-state index is 13.2. The number of nitrogens with one attached hydrogen (secondary N) is 1. The van der Waals surface area contributed by atoms with Crippen LogP contribution in [0.5, 0.6) is 5.88 Å². The highest BCUT2D eigenvalue weighted by Gasteiger charge is 2.37. The van der Waals surface area contributed by atoms with E-state index in [4.69, 9.17) is 4.74 Å². The number of benzene rings is 1. The normalized spacial score (nSPS) is 15.4. The number of halogens is 3. The van der Waals surface area contributed by atoms with Crippen LogP contribution in [0.15, 0.2) is 30.5 Å². The molecule has 0 bridgehead atoms. The van der Waals surface area contributed by atoms with Gasteiger partial charge < -0.3 is 10.1 Å². The summed E-state index contributed by atoms with van der Waals surface area (Å²) in [5.41, 5.74) is 0.870. The van der Waals surface area contributed by atoms with Crippen LogP contribution < -0.4 is 10.1 Å². The number of hydrogen-bond acceptors (Lipinski definition) is 4. The molecule has 0 atom stereocenters. The highest BCUT2D eigenvalue weighted by molar-refractivity contribution is 5.58. The molecule has 0 unspecified atom stereocenters. The number of para-hydroxylation sites is 1. The van der Waals surface area contributed by atoms with E-state index in [0.29, 0.717) is 0 Å². The highest BCUT2D eigenvalue weighted by atomic mass is 19.4. The molecule has 0 radical (unpaired) electrons. The third-order valence-corrected chi connectivity index (χ3v) is 4.28. The zero-order valence-corrected chi connectivity index (χ0v) is 13.9. The SMILES string of the molecule is CCc1ccccc1Nc1ncc(C(F)(F)F)c(OC2CCCC2)n1. The summed E-state index contributed by atoms with van der Waals surface area (Å²) in [5, 5.41) is 3.00. The van der Waals surface area contributed by atoms with E-state index >= 15 is 0 Å². The van der Waals surface area contributed by atoms with Crippen molar-refractivity contribution in [3.8, 4) is 5.88 Å². The standard InChI is InChI=1S/C18H20F3N3O/c1-2-12-7-3-6-10-15(12)23-17-22-11-14(18(19,20)21)16(24-17)25-13-8-4-5-9-13/h3,6-7,10-11,13H,2,4-5,8-9H2,1H3,(H,22,23,24). The van der Waals surface area contributed by atoms with Crippen LogP contribution in [0.25, 0.3) is 0 Å². The van der Waals surface area contributed by atoms with Gasteiger partial charge in [0, 0.05) is 11.9 Å². The van der Waals surface area contributed by atoms with Crippen molar-refractivity contribution in [2.75, 3.05) is 5.32 Å². The number of rotatable bonds is 5. The van der Waals surface area contributed by atoms with Gasteiger partial charge in [0.15, 0.2) is 0 Å². The van der Waals surface area contributed by atoms with Crippen LogP contribution in [0.3, 0.4) is 0 Å². The molecule has 1 N–H and O–H groups in total. The monoisotopic (exact) mass is 351 g/mol. The van der Waals surface area contributed by atoms with E-state index in [1.807, 2.05) is 31.2 Å². The predicted octanol–water partition coefficient (Wildman–Crippen LogP) is 5.12. The summed E-state index contributed by atoms with van der Waals surface area (Å²) < 4.78 is 45.2. The Kier molecular flexibility index (Phi) is 5.11. The molecule has 25 heavy (non-hydrogen) atoms. The Bertz CT molecular complexity index is 728. The third kappa shape index (κ3) is 4.21. The minimum atomic E-state index is -4.55.